The summed E-state index contributed by atoms with van der Waals surface area (Å²) in [4.78, 5) is 0. The van der Waals surface area contributed by atoms with Crippen molar-refractivity contribution in [2.45, 2.75) is 6.42 Å². The highest BCUT2D eigenvalue weighted by Gasteiger charge is 2.11. The Labute approximate surface area is 104 Å². The Morgan fingerprint density at radius 1 is 1.06 bits per heavy atom. The Bertz CT molecular complexity index is 580. The molecule has 0 spiro atoms. The molecule has 0 bridgehead atoms. The fourth-order valence-electron chi connectivity index (χ4n) is 2.15. The van der Waals surface area contributed by atoms with E-state index in [0.717, 1.165) is 24.1 Å². The molecule has 0 atom stereocenters. The summed E-state index contributed by atoms with van der Waals surface area (Å²) < 4.78 is 13.1. The quantitative estimate of drug-likeness (QED) is 0.800. The molecule has 2 aromatic carbocycles. The first-order chi connectivity index (χ1) is 8.24. The van der Waals surface area contributed by atoms with Gasteiger partial charge >= 0.3 is 0 Å². The number of nitrogens with one attached hydrogen (secondary N) is 1. The molecule has 0 amide bonds. The Kier molecular flexibility index (Phi) is 2.52. The van der Waals surface area contributed by atoms with Gasteiger partial charge in [-0.15, -0.1) is 0 Å². The second-order valence-electron chi connectivity index (χ2n) is 4.18. The van der Waals surface area contributed by atoms with Crippen molar-refractivity contribution in [3.63, 3.8) is 0 Å². The lowest BCUT2D eigenvalue weighted by Gasteiger charge is -2.06. The summed E-state index contributed by atoms with van der Waals surface area (Å²) in [6.45, 7) is 0.989. The number of rotatable bonds is 1. The first-order valence-corrected chi connectivity index (χ1v) is 5.94. The van der Waals surface area contributed by atoms with Gasteiger partial charge in [-0.3, -0.25) is 0 Å². The molecule has 1 aliphatic rings. The Balaban J connectivity index is 2.06. The minimum Gasteiger partial charge on any atom is -0.384 e. The van der Waals surface area contributed by atoms with Crippen LogP contribution in [0.1, 0.15) is 5.56 Å². The third-order valence-corrected chi connectivity index (χ3v) is 3.36. The third-order valence-electron chi connectivity index (χ3n) is 3.07. The van der Waals surface area contributed by atoms with Gasteiger partial charge in [0, 0.05) is 12.2 Å². The van der Waals surface area contributed by atoms with E-state index < -0.39 is 0 Å². The molecule has 0 aliphatic carbocycles. The van der Waals surface area contributed by atoms with Crippen molar-refractivity contribution in [2.75, 3.05) is 11.9 Å². The van der Waals surface area contributed by atoms with Gasteiger partial charge in [-0.2, -0.15) is 0 Å². The third kappa shape index (κ3) is 1.89. The number of halogens is 2. The van der Waals surface area contributed by atoms with E-state index in [0.29, 0.717) is 0 Å². The zero-order valence-electron chi connectivity index (χ0n) is 9.13. The topological polar surface area (TPSA) is 12.0 Å². The van der Waals surface area contributed by atoms with Crippen LogP contribution in [0.3, 0.4) is 0 Å². The highest BCUT2D eigenvalue weighted by Crippen LogP contribution is 2.30. The van der Waals surface area contributed by atoms with Crippen LogP contribution in [0.15, 0.2) is 36.4 Å². The highest BCUT2D eigenvalue weighted by molar-refractivity contribution is 6.31. The van der Waals surface area contributed by atoms with Gasteiger partial charge in [-0.05, 0) is 41.3 Å². The van der Waals surface area contributed by atoms with Gasteiger partial charge in [0.15, 0.2) is 0 Å². The number of anilines is 1. The second-order valence-corrected chi connectivity index (χ2v) is 4.58. The van der Waals surface area contributed by atoms with Crippen LogP contribution < -0.4 is 5.32 Å². The molecular weight excluding hydrogens is 237 g/mol. The van der Waals surface area contributed by atoms with E-state index in [1.54, 1.807) is 12.1 Å². The van der Waals surface area contributed by atoms with Gasteiger partial charge in [0.25, 0.3) is 0 Å². The molecule has 1 N–H and O–H groups in total. The van der Waals surface area contributed by atoms with E-state index in [1.807, 2.05) is 0 Å². The molecule has 0 unspecified atom stereocenters. The van der Waals surface area contributed by atoms with Crippen LogP contribution in [0.4, 0.5) is 10.1 Å². The smallest absolute Gasteiger partial charge is 0.141 e. The molecule has 1 aliphatic heterocycles. The summed E-state index contributed by atoms with van der Waals surface area (Å²) >= 11 is 5.79. The van der Waals surface area contributed by atoms with Crippen molar-refractivity contribution in [3.8, 4) is 11.1 Å². The molecule has 17 heavy (non-hydrogen) atoms. The van der Waals surface area contributed by atoms with Crippen LogP contribution in [-0.4, -0.2) is 6.54 Å². The SMILES string of the molecule is Fc1ccc(-c2ccc3c(c2)NCC3)cc1Cl. The molecule has 0 saturated carbocycles. The summed E-state index contributed by atoms with van der Waals surface area (Å²) in [5, 5.41) is 3.49. The minimum absolute atomic E-state index is 0.163. The zero-order valence-corrected chi connectivity index (χ0v) is 9.89. The molecule has 0 aromatic heterocycles. The van der Waals surface area contributed by atoms with Gasteiger partial charge < -0.3 is 5.32 Å². The largest absolute Gasteiger partial charge is 0.384 e. The van der Waals surface area contributed by atoms with Crippen LogP contribution in [0, 0.1) is 5.82 Å². The first kappa shape index (κ1) is 10.6. The van der Waals surface area contributed by atoms with Gasteiger partial charge in [-0.1, -0.05) is 29.8 Å². The number of benzene rings is 2. The van der Waals surface area contributed by atoms with Crippen LogP contribution in [0.25, 0.3) is 11.1 Å². The normalized spacial score (nSPS) is 13.3. The summed E-state index contributed by atoms with van der Waals surface area (Å²) in [5.74, 6) is -0.380. The fraction of sp³-hybridized carbons (Fsp3) is 0.143. The number of hydrogen-bond donors (Lipinski definition) is 1. The van der Waals surface area contributed by atoms with Crippen molar-refractivity contribution < 1.29 is 4.39 Å². The lowest BCUT2D eigenvalue weighted by Crippen LogP contribution is -1.91. The lowest BCUT2D eigenvalue weighted by molar-refractivity contribution is 0.628. The monoisotopic (exact) mass is 247 g/mol. The lowest BCUT2D eigenvalue weighted by atomic mass is 10.0. The predicted molar refractivity (Wildman–Crippen MR) is 69.0 cm³/mol. The average Bonchev–Trinajstić information content (AvgIpc) is 2.79. The van der Waals surface area contributed by atoms with Crippen molar-refractivity contribution in [1.82, 2.24) is 0 Å². The van der Waals surface area contributed by atoms with E-state index in [9.17, 15) is 4.39 Å². The van der Waals surface area contributed by atoms with Crippen molar-refractivity contribution in [1.29, 1.82) is 0 Å². The van der Waals surface area contributed by atoms with E-state index in [2.05, 4.69) is 23.5 Å². The summed E-state index contributed by atoms with van der Waals surface area (Å²) in [7, 11) is 0. The van der Waals surface area contributed by atoms with Crippen LogP contribution in [0.5, 0.6) is 0 Å². The van der Waals surface area contributed by atoms with Crippen molar-refractivity contribution in [3.05, 3.63) is 52.8 Å². The Morgan fingerprint density at radius 3 is 2.65 bits per heavy atom. The molecule has 0 fully saturated rings. The molecule has 86 valence electrons. The number of hydrogen-bond acceptors (Lipinski definition) is 1. The van der Waals surface area contributed by atoms with Crippen molar-refractivity contribution in [2.24, 2.45) is 0 Å². The highest BCUT2D eigenvalue weighted by atomic mass is 35.5. The maximum atomic E-state index is 13.1. The van der Waals surface area contributed by atoms with Gasteiger partial charge in [0.2, 0.25) is 0 Å². The summed E-state index contributed by atoms with van der Waals surface area (Å²) in [6, 6.07) is 11.1. The standard InChI is InChI=1S/C14H11ClFN/c15-12-7-10(3-4-13(12)16)11-2-1-9-5-6-17-14(9)8-11/h1-4,7-8,17H,5-6H2. The van der Waals surface area contributed by atoms with Crippen molar-refractivity contribution >= 4 is 17.3 Å². The van der Waals surface area contributed by atoms with Gasteiger partial charge in [0.1, 0.15) is 5.82 Å². The summed E-state index contributed by atoms with van der Waals surface area (Å²) in [5.41, 5.74) is 4.50. The Hall–Kier alpha value is -1.54. The molecule has 0 saturated heterocycles. The molecule has 3 heteroatoms. The number of fused-ring (bicyclic) bond motifs is 1. The van der Waals surface area contributed by atoms with E-state index in [1.165, 1.54) is 17.3 Å². The van der Waals surface area contributed by atoms with Crippen LogP contribution in [0.2, 0.25) is 5.02 Å². The van der Waals surface area contributed by atoms with Crippen LogP contribution >= 0.6 is 11.6 Å². The van der Waals surface area contributed by atoms with E-state index >= 15 is 0 Å². The predicted octanol–water partition coefficient (Wildman–Crippen LogP) is 4.11. The Morgan fingerprint density at radius 2 is 1.82 bits per heavy atom. The van der Waals surface area contributed by atoms with Crippen LogP contribution in [-0.2, 0) is 6.42 Å². The van der Waals surface area contributed by atoms with E-state index in [-0.39, 0.29) is 10.8 Å². The maximum Gasteiger partial charge on any atom is 0.141 e. The molecule has 1 heterocycles. The average molecular weight is 248 g/mol. The van der Waals surface area contributed by atoms with Gasteiger partial charge in [0.05, 0.1) is 5.02 Å². The molecule has 0 radical (unpaired) electrons. The first-order valence-electron chi connectivity index (χ1n) is 5.56. The fourth-order valence-corrected chi connectivity index (χ4v) is 2.33. The molecule has 1 nitrogen and oxygen atoms in total. The maximum absolute atomic E-state index is 13.1. The summed E-state index contributed by atoms with van der Waals surface area (Å²) in [6.07, 6.45) is 1.07. The zero-order chi connectivity index (χ0) is 11.8. The van der Waals surface area contributed by atoms with E-state index in [4.69, 9.17) is 11.6 Å². The van der Waals surface area contributed by atoms with Gasteiger partial charge in [-0.25, -0.2) is 4.39 Å². The molecule has 3 rings (SSSR count). The molecular formula is C14H11ClFN. The minimum atomic E-state index is -0.380. The molecule has 2 aromatic rings. The second kappa shape index (κ2) is 4.04.